The van der Waals surface area contributed by atoms with Crippen molar-refractivity contribution in [2.45, 2.75) is 44.4 Å². The molecule has 1 fully saturated rings. The maximum Gasteiger partial charge on any atom is 0.191 e. The summed E-state index contributed by atoms with van der Waals surface area (Å²) >= 11 is 1.84. The minimum absolute atomic E-state index is 0.266. The molecule has 0 radical (unpaired) electrons. The highest BCUT2D eigenvalue weighted by Gasteiger charge is 2.24. The average Bonchev–Trinajstić information content (AvgIpc) is 3.14. The van der Waals surface area contributed by atoms with E-state index in [2.05, 4.69) is 41.7 Å². The zero-order chi connectivity index (χ0) is 17.2. The molecule has 1 saturated heterocycles. The lowest BCUT2D eigenvalue weighted by molar-refractivity contribution is 0.146. The molecule has 2 heterocycles. The van der Waals surface area contributed by atoms with Crippen molar-refractivity contribution < 1.29 is 4.42 Å². The molecular weight excluding hydrogens is 320 g/mol. The van der Waals surface area contributed by atoms with E-state index in [9.17, 15) is 0 Å². The van der Waals surface area contributed by atoms with Crippen LogP contribution in [0, 0.1) is 0 Å². The van der Waals surface area contributed by atoms with Crippen LogP contribution in [0.25, 0.3) is 0 Å². The second-order valence-electron chi connectivity index (χ2n) is 6.27. The Bertz CT molecular complexity index is 471. The van der Waals surface area contributed by atoms with Gasteiger partial charge in [-0.1, -0.05) is 13.3 Å². The van der Waals surface area contributed by atoms with Gasteiger partial charge in [0.05, 0.1) is 18.8 Å². The molecule has 6 heteroatoms. The lowest BCUT2D eigenvalue weighted by atomic mass is 10.1. The molecule has 1 aliphatic rings. The van der Waals surface area contributed by atoms with Gasteiger partial charge in [-0.15, -0.1) is 0 Å². The van der Waals surface area contributed by atoms with Crippen molar-refractivity contribution in [3.63, 3.8) is 0 Å². The molecule has 2 rings (SSSR count). The normalized spacial score (nSPS) is 19.0. The predicted molar refractivity (Wildman–Crippen MR) is 104 cm³/mol. The van der Waals surface area contributed by atoms with Gasteiger partial charge in [0, 0.05) is 18.3 Å². The van der Waals surface area contributed by atoms with Crippen molar-refractivity contribution in [1.82, 2.24) is 15.5 Å². The van der Waals surface area contributed by atoms with Crippen LogP contribution in [0.1, 0.15) is 44.9 Å². The first kappa shape index (κ1) is 19.2. The van der Waals surface area contributed by atoms with E-state index in [0.29, 0.717) is 5.25 Å². The van der Waals surface area contributed by atoms with Crippen LogP contribution in [0.15, 0.2) is 27.8 Å². The van der Waals surface area contributed by atoms with E-state index in [4.69, 9.17) is 9.41 Å². The maximum atomic E-state index is 5.71. The molecule has 24 heavy (non-hydrogen) atoms. The molecule has 0 amide bonds. The van der Waals surface area contributed by atoms with Gasteiger partial charge in [0.25, 0.3) is 0 Å². The van der Waals surface area contributed by atoms with Gasteiger partial charge in [-0.2, -0.15) is 11.8 Å². The van der Waals surface area contributed by atoms with Crippen LogP contribution < -0.4 is 10.6 Å². The summed E-state index contributed by atoms with van der Waals surface area (Å²) in [4.78, 5) is 7.24. The molecule has 0 saturated carbocycles. The highest BCUT2D eigenvalue weighted by molar-refractivity contribution is 7.99. The number of thioether (sulfide) groups is 1. The van der Waals surface area contributed by atoms with Crippen LogP contribution in [0.4, 0.5) is 0 Å². The lowest BCUT2D eigenvalue weighted by Gasteiger charge is -2.33. The summed E-state index contributed by atoms with van der Waals surface area (Å²) in [5, 5.41) is 7.39. The standard InChI is InChI=1S/C18H32N4OS/c1-4-19-18(20-13-15(2)24-3)21-14-16(17-9-8-12-23-17)22-10-6-5-7-11-22/h8-9,12,15-16H,4-7,10-11,13-14H2,1-3H3,(H2,19,20,21). The van der Waals surface area contributed by atoms with E-state index >= 15 is 0 Å². The van der Waals surface area contributed by atoms with E-state index in [-0.39, 0.29) is 6.04 Å². The van der Waals surface area contributed by atoms with Crippen molar-refractivity contribution in [3.8, 4) is 0 Å². The molecule has 0 aromatic carbocycles. The van der Waals surface area contributed by atoms with Crippen molar-refractivity contribution in [2.24, 2.45) is 4.99 Å². The molecule has 1 aromatic heterocycles. The molecule has 2 N–H and O–H groups in total. The third-order valence-corrected chi connectivity index (χ3v) is 5.37. The smallest absolute Gasteiger partial charge is 0.191 e. The van der Waals surface area contributed by atoms with Crippen LogP contribution in [-0.4, -0.2) is 55.1 Å². The van der Waals surface area contributed by atoms with Gasteiger partial charge in [0.15, 0.2) is 5.96 Å². The number of aliphatic imine (C=N–C) groups is 1. The van der Waals surface area contributed by atoms with Crippen LogP contribution in [0.3, 0.4) is 0 Å². The number of nitrogens with one attached hydrogen (secondary N) is 2. The Balaban J connectivity index is 1.99. The predicted octanol–water partition coefficient (Wildman–Crippen LogP) is 3.11. The van der Waals surface area contributed by atoms with Crippen LogP contribution in [0.5, 0.6) is 0 Å². The monoisotopic (exact) mass is 352 g/mol. The van der Waals surface area contributed by atoms with Crippen molar-refractivity contribution >= 4 is 17.7 Å². The van der Waals surface area contributed by atoms with Gasteiger partial charge >= 0.3 is 0 Å². The molecule has 0 spiro atoms. The summed E-state index contributed by atoms with van der Waals surface area (Å²) in [5.41, 5.74) is 0. The Labute approximate surface area is 150 Å². The number of nitrogens with zero attached hydrogens (tertiary/aromatic N) is 2. The molecule has 2 unspecified atom stereocenters. The minimum Gasteiger partial charge on any atom is -0.468 e. The number of hydrogen-bond acceptors (Lipinski definition) is 4. The SMILES string of the molecule is CCNC(=NCC(C)SC)NCC(c1ccco1)N1CCCCC1. The third-order valence-electron chi connectivity index (χ3n) is 4.42. The van der Waals surface area contributed by atoms with Gasteiger partial charge in [-0.25, -0.2) is 0 Å². The molecule has 5 nitrogen and oxygen atoms in total. The fraction of sp³-hybridized carbons (Fsp3) is 0.722. The first-order chi connectivity index (χ1) is 11.7. The molecule has 1 aromatic rings. The molecule has 2 atom stereocenters. The summed E-state index contributed by atoms with van der Waals surface area (Å²) in [6.07, 6.45) is 7.79. The first-order valence-corrected chi connectivity index (χ1v) is 10.4. The molecule has 0 aliphatic carbocycles. The zero-order valence-electron chi connectivity index (χ0n) is 15.3. The Morgan fingerprint density at radius 3 is 2.75 bits per heavy atom. The van der Waals surface area contributed by atoms with Crippen molar-refractivity contribution in [3.05, 3.63) is 24.2 Å². The van der Waals surface area contributed by atoms with Gasteiger partial charge in [-0.3, -0.25) is 9.89 Å². The number of guanidine groups is 1. The third kappa shape index (κ3) is 6.06. The van der Waals surface area contributed by atoms with Gasteiger partial charge in [0.2, 0.25) is 0 Å². The topological polar surface area (TPSA) is 52.8 Å². The van der Waals surface area contributed by atoms with Crippen LogP contribution in [-0.2, 0) is 0 Å². The number of furan rings is 1. The van der Waals surface area contributed by atoms with E-state index < -0.39 is 0 Å². The Hall–Kier alpha value is -1.14. The minimum atomic E-state index is 0.266. The van der Waals surface area contributed by atoms with Gasteiger partial charge in [0.1, 0.15) is 5.76 Å². The molecule has 1 aliphatic heterocycles. The second-order valence-corrected chi connectivity index (χ2v) is 7.55. The summed E-state index contributed by atoms with van der Waals surface area (Å²) in [5.74, 6) is 1.93. The Kier molecular flexibility index (Phi) is 8.53. The maximum absolute atomic E-state index is 5.71. The number of hydrogen-bond donors (Lipinski definition) is 2. The highest BCUT2D eigenvalue weighted by atomic mass is 32.2. The number of piperidine rings is 1. The van der Waals surface area contributed by atoms with E-state index in [1.165, 1.54) is 19.3 Å². The average molecular weight is 353 g/mol. The second kappa shape index (κ2) is 10.7. The molecule has 136 valence electrons. The van der Waals surface area contributed by atoms with Gasteiger partial charge < -0.3 is 15.1 Å². The Morgan fingerprint density at radius 1 is 1.33 bits per heavy atom. The quantitative estimate of drug-likeness (QED) is 0.556. The van der Waals surface area contributed by atoms with Crippen molar-refractivity contribution in [2.75, 3.05) is 39.0 Å². The van der Waals surface area contributed by atoms with Crippen LogP contribution >= 0.6 is 11.8 Å². The Morgan fingerprint density at radius 2 is 2.12 bits per heavy atom. The molecular formula is C18H32N4OS. The zero-order valence-corrected chi connectivity index (χ0v) is 16.1. The van der Waals surface area contributed by atoms with E-state index in [1.807, 2.05) is 17.8 Å². The summed E-state index contributed by atoms with van der Waals surface area (Å²) in [6, 6.07) is 4.33. The fourth-order valence-corrected chi connectivity index (χ4v) is 3.17. The summed E-state index contributed by atoms with van der Waals surface area (Å²) < 4.78 is 5.71. The summed E-state index contributed by atoms with van der Waals surface area (Å²) in [7, 11) is 0. The van der Waals surface area contributed by atoms with Crippen LogP contribution in [0.2, 0.25) is 0 Å². The summed E-state index contributed by atoms with van der Waals surface area (Å²) in [6.45, 7) is 9.10. The van der Waals surface area contributed by atoms with Gasteiger partial charge in [-0.05, 0) is 51.2 Å². The largest absolute Gasteiger partial charge is 0.468 e. The van der Waals surface area contributed by atoms with E-state index in [0.717, 1.165) is 44.4 Å². The lowest BCUT2D eigenvalue weighted by Crippen LogP contribution is -2.44. The number of likely N-dealkylation sites (tertiary alicyclic amines) is 1. The van der Waals surface area contributed by atoms with Crippen molar-refractivity contribution in [1.29, 1.82) is 0 Å². The fourth-order valence-electron chi connectivity index (χ4n) is 2.95. The highest BCUT2D eigenvalue weighted by Crippen LogP contribution is 2.24. The molecule has 0 bridgehead atoms. The first-order valence-electron chi connectivity index (χ1n) is 9.07. The van der Waals surface area contributed by atoms with E-state index in [1.54, 1.807) is 6.26 Å². The number of rotatable bonds is 8.